The van der Waals surface area contributed by atoms with Crippen LogP contribution >= 0.6 is 11.6 Å². The Morgan fingerprint density at radius 3 is 2.61 bits per heavy atom. The van der Waals surface area contributed by atoms with Crippen molar-refractivity contribution < 1.29 is 9.59 Å². The monoisotopic (exact) mass is 333 g/mol. The van der Waals surface area contributed by atoms with Gasteiger partial charge >= 0.3 is 0 Å². The van der Waals surface area contributed by atoms with Crippen LogP contribution < -0.4 is 10.2 Å². The summed E-state index contributed by atoms with van der Waals surface area (Å²) in [6.45, 7) is -0.124. The Kier molecular flexibility index (Phi) is 6.42. The molecule has 2 amide bonds. The van der Waals surface area contributed by atoms with Gasteiger partial charge in [0.15, 0.2) is 0 Å². The molecule has 2 rings (SSSR count). The van der Waals surface area contributed by atoms with Crippen molar-refractivity contribution in [2.75, 3.05) is 17.3 Å². The van der Waals surface area contributed by atoms with Crippen LogP contribution in [0.25, 0.3) is 0 Å². The molecule has 0 spiro atoms. The summed E-state index contributed by atoms with van der Waals surface area (Å²) in [6, 6.07) is 8.92. The first kappa shape index (κ1) is 17.3. The maximum Gasteiger partial charge on any atom is 0.242 e. The van der Waals surface area contributed by atoms with Crippen LogP contribution in [0.1, 0.15) is 37.7 Å². The van der Waals surface area contributed by atoms with E-state index in [2.05, 4.69) is 5.32 Å². The van der Waals surface area contributed by atoms with Gasteiger partial charge in [0.2, 0.25) is 11.8 Å². The van der Waals surface area contributed by atoms with Crippen molar-refractivity contribution in [3.63, 3.8) is 0 Å². The number of benzene rings is 1. The fourth-order valence-corrected chi connectivity index (χ4v) is 2.99. The van der Waals surface area contributed by atoms with E-state index in [1.165, 1.54) is 11.3 Å². The van der Waals surface area contributed by atoms with E-state index in [4.69, 9.17) is 11.6 Å². The normalized spacial score (nSPS) is 14.8. The highest BCUT2D eigenvalue weighted by molar-refractivity contribution is 6.29. The Balaban J connectivity index is 2.11. The van der Waals surface area contributed by atoms with E-state index in [1.54, 1.807) is 24.3 Å². The Hall–Kier alpha value is -2.06. The van der Waals surface area contributed by atoms with Gasteiger partial charge in [-0.05, 0) is 25.0 Å². The molecular weight excluding hydrogens is 314 g/mol. The molecule has 0 atom stereocenters. The molecule has 1 fully saturated rings. The summed E-state index contributed by atoms with van der Waals surface area (Å²) < 4.78 is 0. The molecular formula is C17H20ClN3O2. The molecule has 1 saturated carbocycles. The second-order valence-electron chi connectivity index (χ2n) is 5.64. The first-order valence-corrected chi connectivity index (χ1v) is 8.34. The number of nitrogens with zero attached hydrogens (tertiary/aromatic N) is 2. The van der Waals surface area contributed by atoms with Crippen LogP contribution in [0.15, 0.2) is 24.3 Å². The third-order valence-corrected chi connectivity index (χ3v) is 4.23. The lowest BCUT2D eigenvalue weighted by atomic mass is 9.95. The number of rotatable bonds is 5. The van der Waals surface area contributed by atoms with E-state index < -0.39 is 5.91 Å². The summed E-state index contributed by atoms with van der Waals surface area (Å²) in [6.07, 6.45) is 5.39. The van der Waals surface area contributed by atoms with Gasteiger partial charge in [0, 0.05) is 6.04 Å². The third-order valence-electron chi connectivity index (χ3n) is 4.00. The lowest BCUT2D eigenvalue weighted by Gasteiger charge is -2.26. The summed E-state index contributed by atoms with van der Waals surface area (Å²) in [5, 5.41) is 12.2. The molecule has 0 saturated heterocycles. The fourth-order valence-electron chi connectivity index (χ4n) is 2.85. The molecule has 6 heteroatoms. The largest absolute Gasteiger partial charge is 0.352 e. The molecule has 1 aromatic carbocycles. The molecule has 0 unspecified atom stereocenters. The molecule has 1 aromatic rings. The highest BCUT2D eigenvalue weighted by Gasteiger charge is 2.23. The van der Waals surface area contributed by atoms with Gasteiger partial charge in [-0.15, -0.1) is 11.6 Å². The number of carbonyl (C=O) groups excluding carboxylic acids is 2. The molecule has 0 heterocycles. The van der Waals surface area contributed by atoms with E-state index >= 15 is 0 Å². The van der Waals surface area contributed by atoms with E-state index in [1.807, 2.05) is 6.07 Å². The van der Waals surface area contributed by atoms with Crippen LogP contribution in [0.2, 0.25) is 0 Å². The van der Waals surface area contributed by atoms with E-state index in [9.17, 15) is 14.9 Å². The van der Waals surface area contributed by atoms with Crippen molar-refractivity contribution in [3.05, 3.63) is 29.8 Å². The number of hydrogen-bond acceptors (Lipinski definition) is 3. The quantitative estimate of drug-likeness (QED) is 0.842. The van der Waals surface area contributed by atoms with Crippen molar-refractivity contribution in [1.29, 1.82) is 5.26 Å². The average molecular weight is 334 g/mol. The molecule has 23 heavy (non-hydrogen) atoms. The lowest BCUT2D eigenvalue weighted by molar-refractivity contribution is -0.123. The first-order chi connectivity index (χ1) is 11.2. The lowest BCUT2D eigenvalue weighted by Crippen LogP contribution is -2.45. The highest BCUT2D eigenvalue weighted by Crippen LogP contribution is 2.21. The molecule has 1 aliphatic rings. The summed E-state index contributed by atoms with van der Waals surface area (Å²) in [5.41, 5.74) is 0.760. The predicted molar refractivity (Wildman–Crippen MR) is 89.2 cm³/mol. The van der Waals surface area contributed by atoms with Crippen LogP contribution in [0, 0.1) is 11.3 Å². The first-order valence-electron chi connectivity index (χ1n) is 7.80. The summed E-state index contributed by atoms with van der Waals surface area (Å²) >= 11 is 5.66. The molecule has 1 N–H and O–H groups in total. The molecule has 0 radical (unpaired) electrons. The minimum atomic E-state index is -0.395. The van der Waals surface area contributed by atoms with Gasteiger partial charge in [0.1, 0.15) is 18.5 Å². The van der Waals surface area contributed by atoms with Crippen LogP contribution in [-0.4, -0.2) is 30.3 Å². The molecule has 0 aliphatic heterocycles. The molecule has 1 aliphatic carbocycles. The molecule has 0 aromatic heterocycles. The van der Waals surface area contributed by atoms with Crippen molar-refractivity contribution in [2.45, 2.75) is 38.1 Å². The molecule has 5 nitrogen and oxygen atoms in total. The number of anilines is 1. The second kappa shape index (κ2) is 8.54. The van der Waals surface area contributed by atoms with E-state index in [-0.39, 0.29) is 24.4 Å². The number of nitrogens with one attached hydrogen (secondary N) is 1. The summed E-state index contributed by atoms with van der Waals surface area (Å²) in [5.74, 6) is -0.854. The van der Waals surface area contributed by atoms with Crippen LogP contribution in [0.4, 0.5) is 5.69 Å². The minimum absolute atomic E-state index is 0.124. The van der Waals surface area contributed by atoms with Gasteiger partial charge in [0.25, 0.3) is 0 Å². The molecule has 122 valence electrons. The number of carbonyl (C=O) groups is 2. The number of amides is 2. The van der Waals surface area contributed by atoms with Crippen molar-refractivity contribution in [3.8, 4) is 6.07 Å². The Morgan fingerprint density at radius 2 is 1.96 bits per heavy atom. The number of para-hydroxylation sites is 1. The highest BCUT2D eigenvalue weighted by atomic mass is 35.5. The zero-order valence-corrected chi connectivity index (χ0v) is 13.7. The SMILES string of the molecule is N#Cc1ccccc1N(CC(=O)NC1CCCCC1)C(=O)CCl. The fraction of sp³-hybridized carbons (Fsp3) is 0.471. The Bertz CT molecular complexity index is 606. The number of halogens is 1. The van der Waals surface area contributed by atoms with Gasteiger partial charge in [-0.2, -0.15) is 5.26 Å². The number of hydrogen-bond donors (Lipinski definition) is 1. The topological polar surface area (TPSA) is 73.2 Å². The maximum atomic E-state index is 12.3. The maximum absolute atomic E-state index is 12.3. The van der Waals surface area contributed by atoms with Crippen molar-refractivity contribution in [1.82, 2.24) is 5.32 Å². The minimum Gasteiger partial charge on any atom is -0.352 e. The van der Waals surface area contributed by atoms with Crippen molar-refractivity contribution in [2.24, 2.45) is 0 Å². The van der Waals surface area contributed by atoms with Gasteiger partial charge in [-0.1, -0.05) is 31.4 Å². The summed E-state index contributed by atoms with van der Waals surface area (Å²) in [4.78, 5) is 25.7. The second-order valence-corrected chi connectivity index (χ2v) is 5.91. The van der Waals surface area contributed by atoms with Gasteiger partial charge in [0.05, 0.1) is 11.3 Å². The Labute approximate surface area is 141 Å². The van der Waals surface area contributed by atoms with E-state index in [0.29, 0.717) is 11.3 Å². The zero-order chi connectivity index (χ0) is 16.7. The average Bonchev–Trinajstić information content (AvgIpc) is 2.60. The number of alkyl halides is 1. The van der Waals surface area contributed by atoms with Crippen LogP contribution in [0.3, 0.4) is 0 Å². The third kappa shape index (κ3) is 4.70. The van der Waals surface area contributed by atoms with Crippen LogP contribution in [-0.2, 0) is 9.59 Å². The van der Waals surface area contributed by atoms with Gasteiger partial charge in [-0.3, -0.25) is 9.59 Å². The van der Waals surface area contributed by atoms with Crippen molar-refractivity contribution >= 4 is 29.1 Å². The van der Waals surface area contributed by atoms with Gasteiger partial charge in [-0.25, -0.2) is 0 Å². The zero-order valence-electron chi connectivity index (χ0n) is 12.9. The number of nitriles is 1. The Morgan fingerprint density at radius 1 is 1.26 bits per heavy atom. The smallest absolute Gasteiger partial charge is 0.242 e. The van der Waals surface area contributed by atoms with Crippen LogP contribution in [0.5, 0.6) is 0 Å². The van der Waals surface area contributed by atoms with E-state index in [0.717, 1.165) is 25.7 Å². The summed E-state index contributed by atoms with van der Waals surface area (Å²) in [7, 11) is 0. The molecule has 0 bridgehead atoms. The van der Waals surface area contributed by atoms with Gasteiger partial charge < -0.3 is 10.2 Å². The standard InChI is InChI=1S/C17H20ClN3O2/c18-10-17(23)21(15-9-5-4-6-13(15)11-19)12-16(22)20-14-7-2-1-3-8-14/h4-6,9,14H,1-3,7-8,10,12H2,(H,20,22). The predicted octanol–water partition coefficient (Wildman–Crippen LogP) is 2.58.